The largest absolute Gasteiger partial charge is 0.491 e. The molecule has 0 aliphatic carbocycles. The van der Waals surface area contributed by atoms with E-state index in [0.29, 0.717) is 12.4 Å². The minimum atomic E-state index is -4.71. The second kappa shape index (κ2) is 7.54. The van der Waals surface area contributed by atoms with Gasteiger partial charge in [0.25, 0.3) is 5.91 Å². The van der Waals surface area contributed by atoms with E-state index in [0.717, 1.165) is 43.2 Å². The Bertz CT molecular complexity index is 816. The molecule has 3 aliphatic heterocycles. The first kappa shape index (κ1) is 18.9. The average Bonchev–Trinajstić information content (AvgIpc) is 3.11. The summed E-state index contributed by atoms with van der Waals surface area (Å²) in [5, 5.41) is 6.53. The van der Waals surface area contributed by atoms with Crippen LogP contribution in [0.3, 0.4) is 0 Å². The van der Waals surface area contributed by atoms with E-state index in [-0.39, 0.29) is 24.9 Å². The third-order valence-electron chi connectivity index (χ3n) is 5.22. The van der Waals surface area contributed by atoms with E-state index >= 15 is 0 Å². The molecule has 1 saturated heterocycles. The number of amides is 1. The predicted molar refractivity (Wildman–Crippen MR) is 92.3 cm³/mol. The minimum absolute atomic E-state index is 0.0378. The summed E-state index contributed by atoms with van der Waals surface area (Å²) in [7, 11) is 0. The van der Waals surface area contributed by atoms with Crippen molar-refractivity contribution in [3.05, 3.63) is 41.2 Å². The highest BCUT2D eigenvalue weighted by Crippen LogP contribution is 2.41. The Labute approximate surface area is 160 Å². The Morgan fingerprint density at radius 2 is 2.11 bits per heavy atom. The van der Waals surface area contributed by atoms with Crippen molar-refractivity contribution in [3.63, 3.8) is 0 Å². The summed E-state index contributed by atoms with van der Waals surface area (Å²) in [5.74, 6) is -2.92. The van der Waals surface area contributed by atoms with Crippen LogP contribution in [0, 0.1) is 5.92 Å². The van der Waals surface area contributed by atoms with Crippen molar-refractivity contribution < 1.29 is 27.4 Å². The van der Waals surface area contributed by atoms with E-state index < -0.39 is 18.0 Å². The van der Waals surface area contributed by atoms with Crippen molar-refractivity contribution >= 4 is 5.91 Å². The molecule has 4 rings (SSSR count). The SMILES string of the molecule is O=C1N=NC=C(N2Cc3cccc(OCC4CCCCO4)c3C2)C1C(F)(F)F. The van der Waals surface area contributed by atoms with Crippen molar-refractivity contribution in [3.8, 4) is 5.75 Å². The molecule has 150 valence electrons. The van der Waals surface area contributed by atoms with Gasteiger partial charge in [0, 0.05) is 25.3 Å². The van der Waals surface area contributed by atoms with Crippen LogP contribution in [0.2, 0.25) is 0 Å². The van der Waals surface area contributed by atoms with E-state index in [2.05, 4.69) is 10.2 Å². The van der Waals surface area contributed by atoms with Crippen LogP contribution in [0.5, 0.6) is 5.75 Å². The van der Waals surface area contributed by atoms with Gasteiger partial charge in [-0.15, -0.1) is 5.11 Å². The maximum absolute atomic E-state index is 13.4. The molecular weight excluding hydrogens is 375 g/mol. The molecule has 3 aliphatic rings. The van der Waals surface area contributed by atoms with Gasteiger partial charge < -0.3 is 14.4 Å². The molecule has 2 unspecified atom stereocenters. The van der Waals surface area contributed by atoms with Crippen molar-refractivity contribution in [2.24, 2.45) is 16.1 Å². The lowest BCUT2D eigenvalue weighted by Crippen LogP contribution is -2.38. The van der Waals surface area contributed by atoms with Crippen molar-refractivity contribution in [1.82, 2.24) is 4.90 Å². The standard InChI is InChI=1S/C19H20F3N3O3/c20-19(21,22)17-15(8-23-24-18(17)26)25-9-12-4-3-6-16(14(12)10-25)28-11-13-5-1-2-7-27-13/h3-4,6,8,13,17H,1-2,5,7,9-11H2. The highest BCUT2D eigenvalue weighted by atomic mass is 19.4. The molecule has 0 N–H and O–H groups in total. The molecule has 6 nitrogen and oxygen atoms in total. The monoisotopic (exact) mass is 395 g/mol. The number of nitrogens with zero attached hydrogens (tertiary/aromatic N) is 3. The molecule has 2 atom stereocenters. The summed E-state index contributed by atoms with van der Waals surface area (Å²) in [4.78, 5) is 13.3. The van der Waals surface area contributed by atoms with Crippen LogP contribution in [-0.2, 0) is 22.6 Å². The Kier molecular flexibility index (Phi) is 5.09. The number of halogens is 3. The number of carbonyl (C=O) groups is 1. The van der Waals surface area contributed by atoms with E-state index in [1.165, 1.54) is 4.90 Å². The smallest absolute Gasteiger partial charge is 0.406 e. The zero-order valence-corrected chi connectivity index (χ0v) is 15.1. The molecular formula is C19H20F3N3O3. The van der Waals surface area contributed by atoms with Crippen LogP contribution in [0.1, 0.15) is 30.4 Å². The zero-order chi connectivity index (χ0) is 19.7. The van der Waals surface area contributed by atoms with Gasteiger partial charge in [-0.2, -0.15) is 18.3 Å². The number of fused-ring (bicyclic) bond motifs is 1. The van der Waals surface area contributed by atoms with Gasteiger partial charge in [-0.25, -0.2) is 0 Å². The van der Waals surface area contributed by atoms with Gasteiger partial charge in [0.1, 0.15) is 12.4 Å². The van der Waals surface area contributed by atoms with Gasteiger partial charge in [0.15, 0.2) is 5.92 Å². The molecule has 1 aromatic rings. The van der Waals surface area contributed by atoms with Crippen LogP contribution in [0.15, 0.2) is 40.3 Å². The zero-order valence-electron chi connectivity index (χ0n) is 15.1. The highest BCUT2D eigenvalue weighted by molar-refractivity contribution is 5.83. The first-order valence-corrected chi connectivity index (χ1v) is 9.25. The Morgan fingerprint density at radius 3 is 2.86 bits per heavy atom. The first-order chi connectivity index (χ1) is 13.4. The molecule has 0 spiro atoms. The van der Waals surface area contributed by atoms with Crippen LogP contribution in [0.25, 0.3) is 0 Å². The quantitative estimate of drug-likeness (QED) is 0.774. The molecule has 1 aromatic carbocycles. The predicted octanol–water partition coefficient (Wildman–Crippen LogP) is 3.96. The minimum Gasteiger partial charge on any atom is -0.491 e. The molecule has 0 saturated carbocycles. The normalized spacial score (nSPS) is 24.9. The second-order valence-electron chi connectivity index (χ2n) is 7.13. The Hall–Kier alpha value is -2.42. The number of carbonyl (C=O) groups excluding carboxylic acids is 1. The summed E-state index contributed by atoms with van der Waals surface area (Å²) in [5.41, 5.74) is 1.53. The van der Waals surface area contributed by atoms with Gasteiger partial charge in [-0.3, -0.25) is 4.79 Å². The van der Waals surface area contributed by atoms with Gasteiger partial charge in [-0.1, -0.05) is 12.1 Å². The third kappa shape index (κ3) is 3.76. The number of ether oxygens (including phenoxy) is 2. The molecule has 0 aromatic heterocycles. The summed E-state index contributed by atoms with van der Waals surface area (Å²) in [6.45, 7) is 1.62. The average molecular weight is 395 g/mol. The fourth-order valence-corrected chi connectivity index (χ4v) is 3.81. The number of benzene rings is 1. The lowest BCUT2D eigenvalue weighted by Gasteiger charge is -2.29. The lowest BCUT2D eigenvalue weighted by atomic mass is 10.0. The number of rotatable bonds is 4. The van der Waals surface area contributed by atoms with Gasteiger partial charge in [0.2, 0.25) is 0 Å². The number of alkyl halides is 3. The van der Waals surface area contributed by atoms with Gasteiger partial charge >= 0.3 is 6.18 Å². The Morgan fingerprint density at radius 1 is 1.25 bits per heavy atom. The van der Waals surface area contributed by atoms with Crippen LogP contribution in [-0.4, -0.2) is 36.3 Å². The first-order valence-electron chi connectivity index (χ1n) is 9.25. The van der Waals surface area contributed by atoms with E-state index in [1.54, 1.807) is 0 Å². The summed E-state index contributed by atoms with van der Waals surface area (Å²) >= 11 is 0. The molecule has 1 amide bonds. The van der Waals surface area contributed by atoms with E-state index in [4.69, 9.17) is 9.47 Å². The third-order valence-corrected chi connectivity index (χ3v) is 5.22. The Balaban J connectivity index is 1.51. The highest BCUT2D eigenvalue weighted by Gasteiger charge is 2.50. The lowest BCUT2D eigenvalue weighted by molar-refractivity contribution is -0.177. The van der Waals surface area contributed by atoms with Crippen molar-refractivity contribution in [2.45, 2.75) is 44.6 Å². The fraction of sp³-hybridized carbons (Fsp3) is 0.526. The molecule has 1 fully saturated rings. The molecule has 0 radical (unpaired) electrons. The molecule has 0 bridgehead atoms. The maximum Gasteiger partial charge on any atom is 0.406 e. The summed E-state index contributed by atoms with van der Waals surface area (Å²) < 4.78 is 51.8. The maximum atomic E-state index is 13.4. The molecule has 3 heterocycles. The van der Waals surface area contributed by atoms with E-state index in [9.17, 15) is 18.0 Å². The van der Waals surface area contributed by atoms with Gasteiger partial charge in [0.05, 0.1) is 18.0 Å². The van der Waals surface area contributed by atoms with Gasteiger partial charge in [-0.05, 0) is 30.9 Å². The van der Waals surface area contributed by atoms with Crippen LogP contribution >= 0.6 is 0 Å². The molecule has 9 heteroatoms. The second-order valence-corrected chi connectivity index (χ2v) is 7.13. The van der Waals surface area contributed by atoms with E-state index in [1.807, 2.05) is 18.2 Å². The van der Waals surface area contributed by atoms with Crippen LogP contribution < -0.4 is 4.74 Å². The van der Waals surface area contributed by atoms with Crippen molar-refractivity contribution in [1.29, 1.82) is 0 Å². The number of hydrogen-bond acceptors (Lipinski definition) is 5. The number of azo groups is 1. The summed E-state index contributed by atoms with van der Waals surface area (Å²) in [6.07, 6.45) is -0.552. The van der Waals surface area contributed by atoms with Crippen LogP contribution in [0.4, 0.5) is 13.2 Å². The fourth-order valence-electron chi connectivity index (χ4n) is 3.81. The topological polar surface area (TPSA) is 63.5 Å². The van der Waals surface area contributed by atoms with Crippen molar-refractivity contribution in [2.75, 3.05) is 13.2 Å². The summed E-state index contributed by atoms with van der Waals surface area (Å²) in [6, 6.07) is 5.49. The number of hydrogen-bond donors (Lipinski definition) is 0. The molecule has 28 heavy (non-hydrogen) atoms.